The predicted molar refractivity (Wildman–Crippen MR) is 91.6 cm³/mol. The molecular formula is C17H14FN3O2S. The molecule has 0 spiro atoms. The van der Waals surface area contributed by atoms with Gasteiger partial charge in [0.15, 0.2) is 5.13 Å². The quantitative estimate of drug-likeness (QED) is 0.792. The molecule has 3 rings (SSSR count). The number of hydrogen-bond acceptors (Lipinski definition) is 4. The lowest BCUT2D eigenvalue weighted by atomic mass is 10.2. The molecule has 5 nitrogen and oxygen atoms in total. The van der Waals surface area contributed by atoms with Crippen LogP contribution < -0.4 is 10.9 Å². The molecule has 0 radical (unpaired) electrons. The molecule has 7 heteroatoms. The van der Waals surface area contributed by atoms with Crippen LogP contribution >= 0.6 is 11.3 Å². The van der Waals surface area contributed by atoms with Crippen molar-refractivity contribution in [1.29, 1.82) is 0 Å². The maximum atomic E-state index is 12.9. The van der Waals surface area contributed by atoms with Crippen molar-refractivity contribution in [3.8, 4) is 11.3 Å². The fourth-order valence-electron chi connectivity index (χ4n) is 2.18. The van der Waals surface area contributed by atoms with Crippen LogP contribution in [0.15, 0.2) is 52.8 Å². The third-order valence-corrected chi connectivity index (χ3v) is 4.17. The van der Waals surface area contributed by atoms with Gasteiger partial charge in [0.2, 0.25) is 5.91 Å². The molecule has 0 saturated heterocycles. The molecule has 0 aliphatic rings. The molecule has 0 bridgehead atoms. The fraction of sp³-hybridized carbons (Fsp3) is 0.118. The van der Waals surface area contributed by atoms with Crippen molar-refractivity contribution in [2.75, 3.05) is 5.32 Å². The lowest BCUT2D eigenvalue weighted by Crippen LogP contribution is -2.28. The molecule has 3 aromatic rings. The van der Waals surface area contributed by atoms with Crippen LogP contribution in [0.25, 0.3) is 11.3 Å². The number of thiazole rings is 1. The van der Waals surface area contributed by atoms with Crippen molar-refractivity contribution < 1.29 is 9.18 Å². The number of nitrogens with zero attached hydrogens (tertiary/aromatic N) is 2. The van der Waals surface area contributed by atoms with Gasteiger partial charge in [-0.1, -0.05) is 6.07 Å². The summed E-state index contributed by atoms with van der Waals surface area (Å²) in [6, 6.07) is 9.39. The molecule has 24 heavy (non-hydrogen) atoms. The number of aryl methyl sites for hydroxylation is 1. The Hall–Kier alpha value is -2.80. The first-order chi connectivity index (χ1) is 11.5. The Bertz CT molecular complexity index is 932. The van der Waals surface area contributed by atoms with Crippen LogP contribution in [0, 0.1) is 12.7 Å². The van der Waals surface area contributed by atoms with Gasteiger partial charge in [-0.15, -0.1) is 11.3 Å². The minimum absolute atomic E-state index is 0.0774. The first-order valence-electron chi connectivity index (χ1n) is 7.20. The molecule has 2 heterocycles. The highest BCUT2D eigenvalue weighted by atomic mass is 32.1. The molecule has 0 saturated carbocycles. The third kappa shape index (κ3) is 3.57. The van der Waals surface area contributed by atoms with E-state index in [1.807, 2.05) is 0 Å². The predicted octanol–water partition coefficient (Wildman–Crippen LogP) is 3.06. The number of anilines is 1. The van der Waals surface area contributed by atoms with E-state index in [-0.39, 0.29) is 23.8 Å². The summed E-state index contributed by atoms with van der Waals surface area (Å²) in [4.78, 5) is 28.3. The van der Waals surface area contributed by atoms with Crippen molar-refractivity contribution in [3.63, 3.8) is 0 Å². The molecular weight excluding hydrogens is 329 g/mol. The van der Waals surface area contributed by atoms with Crippen LogP contribution in [0.3, 0.4) is 0 Å². The second kappa shape index (κ2) is 6.76. The zero-order valence-corrected chi connectivity index (χ0v) is 13.6. The molecule has 1 amide bonds. The highest BCUT2D eigenvalue weighted by Gasteiger charge is 2.10. The molecule has 1 aromatic carbocycles. The Morgan fingerprint density at radius 2 is 2.04 bits per heavy atom. The van der Waals surface area contributed by atoms with Gasteiger partial charge in [0, 0.05) is 22.7 Å². The van der Waals surface area contributed by atoms with E-state index in [9.17, 15) is 14.0 Å². The third-order valence-electron chi connectivity index (χ3n) is 3.41. The number of hydrogen-bond donors (Lipinski definition) is 1. The van der Waals surface area contributed by atoms with Gasteiger partial charge in [-0.25, -0.2) is 9.37 Å². The molecule has 0 atom stereocenters. The Kier molecular flexibility index (Phi) is 4.52. The molecule has 1 N–H and O–H groups in total. The number of rotatable bonds is 4. The molecule has 0 aliphatic heterocycles. The number of nitrogens with one attached hydrogen (secondary N) is 1. The van der Waals surface area contributed by atoms with E-state index >= 15 is 0 Å². The van der Waals surface area contributed by atoms with E-state index in [4.69, 9.17) is 0 Å². The number of pyridine rings is 1. The average Bonchev–Trinajstić information content (AvgIpc) is 3.01. The summed E-state index contributed by atoms with van der Waals surface area (Å²) in [5, 5.41) is 4.88. The Balaban J connectivity index is 1.70. The Morgan fingerprint density at radius 1 is 1.29 bits per heavy atom. The second-order valence-electron chi connectivity index (χ2n) is 5.22. The Labute approximate surface area is 141 Å². The lowest BCUT2D eigenvalue weighted by molar-refractivity contribution is -0.116. The van der Waals surface area contributed by atoms with Gasteiger partial charge in [0.05, 0.1) is 5.69 Å². The first kappa shape index (κ1) is 16.1. The van der Waals surface area contributed by atoms with Crippen molar-refractivity contribution in [2.24, 2.45) is 0 Å². The van der Waals surface area contributed by atoms with Crippen LogP contribution in [-0.4, -0.2) is 15.5 Å². The smallest absolute Gasteiger partial charge is 0.253 e. The van der Waals surface area contributed by atoms with E-state index in [0.717, 1.165) is 5.56 Å². The SMILES string of the molecule is Cc1cccn(CC(=O)Nc2nc(-c3ccc(F)cc3)cs2)c1=O. The molecule has 0 fully saturated rings. The number of aromatic nitrogens is 2. The summed E-state index contributed by atoms with van der Waals surface area (Å²) in [6.45, 7) is 1.62. The minimum Gasteiger partial charge on any atom is -0.306 e. The summed E-state index contributed by atoms with van der Waals surface area (Å²) in [6.07, 6.45) is 1.57. The van der Waals surface area contributed by atoms with Gasteiger partial charge in [-0.3, -0.25) is 9.59 Å². The summed E-state index contributed by atoms with van der Waals surface area (Å²) in [7, 11) is 0. The van der Waals surface area contributed by atoms with Gasteiger partial charge in [0.25, 0.3) is 5.56 Å². The van der Waals surface area contributed by atoms with Crippen LogP contribution in [-0.2, 0) is 11.3 Å². The van der Waals surface area contributed by atoms with Gasteiger partial charge < -0.3 is 9.88 Å². The normalized spacial score (nSPS) is 10.6. The van der Waals surface area contributed by atoms with E-state index in [0.29, 0.717) is 16.4 Å². The van der Waals surface area contributed by atoms with Crippen molar-refractivity contribution in [3.05, 3.63) is 69.7 Å². The molecule has 2 aromatic heterocycles. The maximum Gasteiger partial charge on any atom is 0.253 e. The topological polar surface area (TPSA) is 64.0 Å². The van der Waals surface area contributed by atoms with Crippen LogP contribution in [0.5, 0.6) is 0 Å². The van der Waals surface area contributed by atoms with Gasteiger partial charge in [0.1, 0.15) is 12.4 Å². The number of carbonyl (C=O) groups is 1. The van der Waals surface area contributed by atoms with E-state index in [2.05, 4.69) is 10.3 Å². The van der Waals surface area contributed by atoms with E-state index in [1.165, 1.54) is 28.0 Å². The summed E-state index contributed by atoms with van der Waals surface area (Å²) in [5.41, 5.74) is 1.81. The molecule has 0 aliphatic carbocycles. The summed E-state index contributed by atoms with van der Waals surface area (Å²) >= 11 is 1.27. The fourth-order valence-corrected chi connectivity index (χ4v) is 2.92. The highest BCUT2D eigenvalue weighted by molar-refractivity contribution is 7.14. The number of carbonyl (C=O) groups excluding carboxylic acids is 1. The van der Waals surface area contributed by atoms with Crippen molar-refractivity contribution in [2.45, 2.75) is 13.5 Å². The highest BCUT2D eigenvalue weighted by Crippen LogP contribution is 2.24. The number of halogens is 1. The van der Waals surface area contributed by atoms with Gasteiger partial charge >= 0.3 is 0 Å². The monoisotopic (exact) mass is 343 g/mol. The second-order valence-corrected chi connectivity index (χ2v) is 6.08. The van der Waals surface area contributed by atoms with E-state index < -0.39 is 0 Å². The molecule has 122 valence electrons. The van der Waals surface area contributed by atoms with Gasteiger partial charge in [-0.05, 0) is 37.3 Å². The summed E-state index contributed by atoms with van der Waals surface area (Å²) in [5.74, 6) is -0.645. The Morgan fingerprint density at radius 3 is 2.79 bits per heavy atom. The lowest BCUT2D eigenvalue weighted by Gasteiger charge is -2.05. The standard InChI is InChI=1S/C17H14FN3O2S/c1-11-3-2-8-21(16(11)23)9-15(22)20-17-19-14(10-24-17)12-4-6-13(18)7-5-12/h2-8,10H,9H2,1H3,(H,19,20,22). The van der Waals surface area contributed by atoms with Gasteiger partial charge in [-0.2, -0.15) is 0 Å². The first-order valence-corrected chi connectivity index (χ1v) is 8.08. The average molecular weight is 343 g/mol. The summed E-state index contributed by atoms with van der Waals surface area (Å²) < 4.78 is 14.3. The number of amides is 1. The maximum absolute atomic E-state index is 12.9. The van der Waals surface area contributed by atoms with E-state index in [1.54, 1.807) is 42.8 Å². The van der Waals surface area contributed by atoms with Crippen molar-refractivity contribution in [1.82, 2.24) is 9.55 Å². The zero-order valence-electron chi connectivity index (χ0n) is 12.8. The minimum atomic E-state index is -0.331. The molecule has 0 unspecified atom stereocenters. The van der Waals surface area contributed by atoms with Crippen LogP contribution in [0.1, 0.15) is 5.56 Å². The number of benzene rings is 1. The van der Waals surface area contributed by atoms with Crippen LogP contribution in [0.4, 0.5) is 9.52 Å². The van der Waals surface area contributed by atoms with Crippen LogP contribution in [0.2, 0.25) is 0 Å². The zero-order chi connectivity index (χ0) is 17.1. The largest absolute Gasteiger partial charge is 0.306 e. The van der Waals surface area contributed by atoms with Crippen molar-refractivity contribution >= 4 is 22.4 Å².